The maximum atomic E-state index is 10.3. The first-order valence-electron chi connectivity index (χ1n) is 8.05. The lowest BCUT2D eigenvalue weighted by Crippen LogP contribution is -2.38. The van der Waals surface area contributed by atoms with E-state index in [-0.39, 0.29) is 6.04 Å². The van der Waals surface area contributed by atoms with Crippen molar-refractivity contribution in [2.45, 2.75) is 32.4 Å². The van der Waals surface area contributed by atoms with Crippen molar-refractivity contribution in [2.75, 3.05) is 13.7 Å². The fourth-order valence-corrected chi connectivity index (χ4v) is 2.62. The number of nitrogens with zero attached hydrogens (tertiary/aromatic N) is 1. The van der Waals surface area contributed by atoms with Crippen LogP contribution < -0.4 is 10.1 Å². The zero-order valence-electron chi connectivity index (χ0n) is 14.1. The lowest BCUT2D eigenvalue weighted by atomic mass is 9.95. The van der Waals surface area contributed by atoms with Crippen LogP contribution >= 0.6 is 0 Å². The van der Waals surface area contributed by atoms with Gasteiger partial charge in [-0.15, -0.1) is 0 Å². The summed E-state index contributed by atoms with van der Waals surface area (Å²) >= 11 is 0. The number of para-hydroxylation sites is 1. The van der Waals surface area contributed by atoms with Gasteiger partial charge in [0.25, 0.3) is 0 Å². The van der Waals surface area contributed by atoms with Gasteiger partial charge in [0, 0.05) is 25.0 Å². The lowest BCUT2D eigenvalue weighted by Gasteiger charge is -2.25. The van der Waals surface area contributed by atoms with E-state index in [1.54, 1.807) is 19.5 Å². The molecule has 2 aromatic rings. The number of aliphatic hydroxyl groups excluding tert-OH is 1. The Labute approximate surface area is 138 Å². The molecule has 0 aliphatic heterocycles. The van der Waals surface area contributed by atoms with Crippen LogP contribution in [0.2, 0.25) is 0 Å². The van der Waals surface area contributed by atoms with Gasteiger partial charge in [-0.2, -0.15) is 0 Å². The summed E-state index contributed by atoms with van der Waals surface area (Å²) in [4.78, 5) is 3.98. The maximum Gasteiger partial charge on any atom is 0.122 e. The van der Waals surface area contributed by atoms with Crippen molar-refractivity contribution >= 4 is 0 Å². The zero-order valence-corrected chi connectivity index (χ0v) is 14.1. The number of nitrogens with one attached hydrogen (secondary N) is 1. The predicted molar refractivity (Wildman–Crippen MR) is 92.5 cm³/mol. The quantitative estimate of drug-likeness (QED) is 0.786. The molecule has 2 unspecified atom stereocenters. The largest absolute Gasteiger partial charge is 0.496 e. The number of aliphatic hydroxyl groups is 1. The minimum atomic E-state index is -0.531. The minimum Gasteiger partial charge on any atom is -0.496 e. The number of methoxy groups -OCH3 is 1. The second-order valence-electron chi connectivity index (χ2n) is 6.07. The van der Waals surface area contributed by atoms with Gasteiger partial charge >= 0.3 is 0 Å². The van der Waals surface area contributed by atoms with Gasteiger partial charge in [-0.25, -0.2) is 0 Å². The van der Waals surface area contributed by atoms with Crippen LogP contribution in [0.15, 0.2) is 48.8 Å². The summed E-state index contributed by atoms with van der Waals surface area (Å²) in [5.74, 6) is 1.36. The smallest absolute Gasteiger partial charge is 0.122 e. The third-order valence-electron chi connectivity index (χ3n) is 4.10. The van der Waals surface area contributed by atoms with Crippen molar-refractivity contribution in [2.24, 2.45) is 5.92 Å². The van der Waals surface area contributed by atoms with Gasteiger partial charge in [-0.3, -0.25) is 4.98 Å². The summed E-state index contributed by atoms with van der Waals surface area (Å²) in [6.07, 6.45) is 3.74. The molecule has 0 bridgehead atoms. The molecular formula is C19H26N2O2. The molecule has 4 nitrogen and oxygen atoms in total. The molecule has 0 spiro atoms. The van der Waals surface area contributed by atoms with E-state index in [2.05, 4.69) is 30.2 Å². The number of rotatable bonds is 8. The Kier molecular flexibility index (Phi) is 6.56. The van der Waals surface area contributed by atoms with Crippen molar-refractivity contribution in [3.8, 4) is 5.75 Å². The van der Waals surface area contributed by atoms with Crippen molar-refractivity contribution in [3.05, 3.63) is 59.9 Å². The number of aromatic nitrogens is 1. The number of hydrogen-bond donors (Lipinski definition) is 2. The van der Waals surface area contributed by atoms with E-state index in [9.17, 15) is 5.11 Å². The van der Waals surface area contributed by atoms with E-state index in [4.69, 9.17) is 4.74 Å². The second-order valence-corrected chi connectivity index (χ2v) is 6.07. The van der Waals surface area contributed by atoms with Gasteiger partial charge in [0.15, 0.2) is 0 Å². The van der Waals surface area contributed by atoms with Crippen LogP contribution in [0, 0.1) is 5.92 Å². The molecular weight excluding hydrogens is 288 g/mol. The molecule has 1 aromatic carbocycles. The van der Waals surface area contributed by atoms with Gasteiger partial charge in [0.2, 0.25) is 0 Å². The van der Waals surface area contributed by atoms with Crippen LogP contribution in [0.5, 0.6) is 5.75 Å². The Balaban J connectivity index is 1.99. The Bertz CT molecular complexity index is 587. The van der Waals surface area contributed by atoms with Crippen LogP contribution in [0.1, 0.15) is 31.1 Å². The summed E-state index contributed by atoms with van der Waals surface area (Å²) < 4.78 is 5.44. The summed E-state index contributed by atoms with van der Waals surface area (Å²) in [5, 5.41) is 13.8. The van der Waals surface area contributed by atoms with E-state index in [0.29, 0.717) is 12.5 Å². The van der Waals surface area contributed by atoms with Crippen molar-refractivity contribution in [1.82, 2.24) is 10.3 Å². The normalized spacial score (nSPS) is 13.8. The number of benzene rings is 1. The first kappa shape index (κ1) is 17.4. The lowest BCUT2D eigenvalue weighted by molar-refractivity contribution is 0.165. The van der Waals surface area contributed by atoms with Gasteiger partial charge in [-0.1, -0.05) is 32.0 Å². The average molecular weight is 314 g/mol. The second kappa shape index (κ2) is 8.65. The van der Waals surface area contributed by atoms with E-state index in [1.165, 1.54) is 5.56 Å². The van der Waals surface area contributed by atoms with Crippen molar-refractivity contribution in [3.63, 3.8) is 0 Å². The molecule has 23 heavy (non-hydrogen) atoms. The summed E-state index contributed by atoms with van der Waals surface area (Å²) in [5.41, 5.74) is 2.06. The molecule has 2 N–H and O–H groups in total. The molecule has 124 valence electrons. The predicted octanol–water partition coefficient (Wildman–Crippen LogP) is 2.98. The molecule has 1 aromatic heterocycles. The van der Waals surface area contributed by atoms with Gasteiger partial charge in [-0.05, 0) is 41.7 Å². The van der Waals surface area contributed by atoms with Gasteiger partial charge in [0.1, 0.15) is 5.75 Å². The molecule has 0 aliphatic rings. The average Bonchev–Trinajstić information content (AvgIpc) is 2.59. The fourth-order valence-electron chi connectivity index (χ4n) is 2.62. The monoisotopic (exact) mass is 314 g/mol. The van der Waals surface area contributed by atoms with E-state index < -0.39 is 6.10 Å². The third-order valence-corrected chi connectivity index (χ3v) is 4.10. The minimum absolute atomic E-state index is 0.266. The molecule has 0 saturated heterocycles. The van der Waals surface area contributed by atoms with Crippen LogP contribution in [0.25, 0.3) is 0 Å². The Morgan fingerprint density at radius 1 is 1.13 bits per heavy atom. The van der Waals surface area contributed by atoms with Crippen LogP contribution in [0.4, 0.5) is 0 Å². The molecule has 0 saturated carbocycles. The third kappa shape index (κ3) is 5.05. The summed E-state index contributed by atoms with van der Waals surface area (Å²) in [6.45, 7) is 4.89. The summed E-state index contributed by atoms with van der Waals surface area (Å²) in [6, 6.07) is 12.0. The molecule has 0 amide bonds. The molecule has 2 rings (SSSR count). The van der Waals surface area contributed by atoms with Crippen LogP contribution in [0.3, 0.4) is 0 Å². The van der Waals surface area contributed by atoms with Crippen LogP contribution in [-0.2, 0) is 6.42 Å². The van der Waals surface area contributed by atoms with Gasteiger partial charge in [0.05, 0.1) is 13.2 Å². The summed E-state index contributed by atoms with van der Waals surface area (Å²) in [7, 11) is 1.70. The van der Waals surface area contributed by atoms with Gasteiger partial charge < -0.3 is 15.2 Å². The van der Waals surface area contributed by atoms with Crippen molar-refractivity contribution in [1.29, 1.82) is 0 Å². The molecule has 1 heterocycles. The number of pyridine rings is 1. The van der Waals surface area contributed by atoms with E-state index in [1.807, 2.05) is 30.3 Å². The highest BCUT2D eigenvalue weighted by atomic mass is 16.5. The molecule has 0 aliphatic carbocycles. The van der Waals surface area contributed by atoms with E-state index >= 15 is 0 Å². The van der Waals surface area contributed by atoms with Crippen LogP contribution in [-0.4, -0.2) is 29.8 Å². The van der Waals surface area contributed by atoms with Crippen molar-refractivity contribution < 1.29 is 9.84 Å². The Morgan fingerprint density at radius 3 is 2.48 bits per heavy atom. The Hall–Kier alpha value is -1.91. The molecule has 0 radical (unpaired) electrons. The van der Waals surface area contributed by atoms with E-state index in [0.717, 1.165) is 17.7 Å². The fraction of sp³-hybridized carbons (Fsp3) is 0.421. The molecule has 4 heteroatoms. The molecule has 2 atom stereocenters. The Morgan fingerprint density at radius 2 is 1.83 bits per heavy atom. The zero-order chi connectivity index (χ0) is 16.7. The topological polar surface area (TPSA) is 54.4 Å². The highest BCUT2D eigenvalue weighted by molar-refractivity contribution is 5.34. The first-order chi connectivity index (χ1) is 11.1. The SMILES string of the molecule is COc1ccccc1CC(NCC(O)c1ccncc1)C(C)C. The maximum absolute atomic E-state index is 10.3. The molecule has 0 fully saturated rings. The highest BCUT2D eigenvalue weighted by Crippen LogP contribution is 2.21. The first-order valence-corrected chi connectivity index (χ1v) is 8.05. The number of ether oxygens (including phenoxy) is 1. The highest BCUT2D eigenvalue weighted by Gasteiger charge is 2.17. The number of hydrogen-bond acceptors (Lipinski definition) is 4. The standard InChI is InChI=1S/C19H26N2O2/c1-14(2)17(12-16-6-4-5-7-19(16)23-3)21-13-18(22)15-8-10-20-11-9-15/h4-11,14,17-18,21-22H,12-13H2,1-3H3.